The fourth-order valence-corrected chi connectivity index (χ4v) is 1.72. The number of thiol groups is 1. The van der Waals surface area contributed by atoms with Crippen molar-refractivity contribution in [2.75, 3.05) is 24.7 Å². The third-order valence-corrected chi connectivity index (χ3v) is 2.69. The summed E-state index contributed by atoms with van der Waals surface area (Å²) in [5.41, 5.74) is 1.73. The lowest BCUT2D eigenvalue weighted by Crippen LogP contribution is -2.05. The fraction of sp³-hybridized carbons (Fsp3) is 0.231. The minimum Gasteiger partial charge on any atom is -0.496 e. The highest BCUT2D eigenvalue weighted by molar-refractivity contribution is 7.80. The maximum atomic E-state index is 5.30. The van der Waals surface area contributed by atoms with Gasteiger partial charge < -0.3 is 10.1 Å². The highest BCUT2D eigenvalue weighted by Crippen LogP contribution is 2.27. The smallest absolute Gasteiger partial charge is 0.148 e. The van der Waals surface area contributed by atoms with E-state index in [0.29, 0.717) is 0 Å². The standard InChI is InChI=1S/C13H15N3OS/c1-17-12-5-3-2-4-10(12)11-6-7-13(16-15-11)14-8-9-18/h2-7,18H,8-9H2,1H3,(H,14,16). The highest BCUT2D eigenvalue weighted by atomic mass is 32.1. The second-order valence-corrected chi connectivity index (χ2v) is 4.10. The molecule has 1 aromatic carbocycles. The topological polar surface area (TPSA) is 47.0 Å². The number of nitrogens with zero attached hydrogens (tertiary/aromatic N) is 2. The van der Waals surface area contributed by atoms with Gasteiger partial charge in [0.1, 0.15) is 11.6 Å². The molecule has 94 valence electrons. The van der Waals surface area contributed by atoms with Crippen LogP contribution < -0.4 is 10.1 Å². The quantitative estimate of drug-likeness (QED) is 0.812. The van der Waals surface area contributed by atoms with Gasteiger partial charge in [0, 0.05) is 17.9 Å². The van der Waals surface area contributed by atoms with Crippen LogP contribution in [0.15, 0.2) is 36.4 Å². The molecule has 0 fully saturated rings. The van der Waals surface area contributed by atoms with Gasteiger partial charge in [0.2, 0.25) is 0 Å². The number of hydrogen-bond acceptors (Lipinski definition) is 5. The molecule has 5 heteroatoms. The minimum atomic E-state index is 0.752. The van der Waals surface area contributed by atoms with Crippen LogP contribution in [0.2, 0.25) is 0 Å². The largest absolute Gasteiger partial charge is 0.496 e. The summed E-state index contributed by atoms with van der Waals surface area (Å²) in [5, 5.41) is 11.4. The highest BCUT2D eigenvalue weighted by Gasteiger charge is 2.06. The minimum absolute atomic E-state index is 0.752. The second kappa shape index (κ2) is 6.26. The van der Waals surface area contributed by atoms with Crippen LogP contribution in [0.25, 0.3) is 11.3 Å². The normalized spacial score (nSPS) is 10.1. The molecule has 2 aromatic rings. The van der Waals surface area contributed by atoms with Gasteiger partial charge in [0.25, 0.3) is 0 Å². The van der Waals surface area contributed by atoms with E-state index < -0.39 is 0 Å². The molecule has 0 saturated heterocycles. The average molecular weight is 261 g/mol. The molecule has 1 N–H and O–H groups in total. The Bertz CT molecular complexity index is 502. The second-order valence-electron chi connectivity index (χ2n) is 3.65. The third-order valence-electron chi connectivity index (χ3n) is 2.47. The first kappa shape index (κ1) is 12.7. The van der Waals surface area contributed by atoms with E-state index >= 15 is 0 Å². The van der Waals surface area contributed by atoms with Crippen LogP contribution in [0.3, 0.4) is 0 Å². The summed E-state index contributed by atoms with van der Waals surface area (Å²) in [6.07, 6.45) is 0. The molecular formula is C13H15N3OS. The number of anilines is 1. The Hall–Kier alpha value is -1.75. The van der Waals surface area contributed by atoms with Gasteiger partial charge in [-0.3, -0.25) is 0 Å². The van der Waals surface area contributed by atoms with E-state index in [1.807, 2.05) is 36.4 Å². The molecule has 4 nitrogen and oxygen atoms in total. The van der Waals surface area contributed by atoms with Gasteiger partial charge in [-0.05, 0) is 24.3 Å². The molecule has 0 spiro atoms. The van der Waals surface area contributed by atoms with Crippen molar-refractivity contribution in [2.24, 2.45) is 0 Å². The van der Waals surface area contributed by atoms with Gasteiger partial charge in [-0.2, -0.15) is 12.6 Å². The number of nitrogens with one attached hydrogen (secondary N) is 1. The molecule has 0 atom stereocenters. The lowest BCUT2D eigenvalue weighted by atomic mass is 10.1. The summed E-state index contributed by atoms with van der Waals surface area (Å²) in [6, 6.07) is 11.6. The molecule has 18 heavy (non-hydrogen) atoms. The fourth-order valence-electron chi connectivity index (χ4n) is 1.61. The Labute approximate surface area is 112 Å². The molecule has 2 rings (SSSR count). The van der Waals surface area contributed by atoms with Crippen molar-refractivity contribution in [1.29, 1.82) is 0 Å². The van der Waals surface area contributed by atoms with Crippen LogP contribution in [0.1, 0.15) is 0 Å². The van der Waals surface area contributed by atoms with Crippen molar-refractivity contribution in [3.63, 3.8) is 0 Å². The first-order valence-corrected chi connectivity index (χ1v) is 6.30. The first-order valence-electron chi connectivity index (χ1n) is 5.67. The maximum Gasteiger partial charge on any atom is 0.148 e. The molecule has 0 bridgehead atoms. The predicted molar refractivity (Wildman–Crippen MR) is 76.4 cm³/mol. The Kier molecular flexibility index (Phi) is 4.41. The Balaban J connectivity index is 2.23. The zero-order chi connectivity index (χ0) is 12.8. The number of benzene rings is 1. The summed E-state index contributed by atoms with van der Waals surface area (Å²) >= 11 is 4.13. The molecule has 1 heterocycles. The lowest BCUT2D eigenvalue weighted by molar-refractivity contribution is 0.416. The van der Waals surface area contributed by atoms with E-state index in [2.05, 4.69) is 28.1 Å². The number of aromatic nitrogens is 2. The monoisotopic (exact) mass is 261 g/mol. The van der Waals surface area contributed by atoms with E-state index in [4.69, 9.17) is 4.74 Å². The van der Waals surface area contributed by atoms with E-state index in [1.54, 1.807) is 7.11 Å². The SMILES string of the molecule is COc1ccccc1-c1ccc(NCCS)nn1. The van der Waals surface area contributed by atoms with Crippen molar-refractivity contribution in [1.82, 2.24) is 10.2 Å². The number of rotatable bonds is 5. The summed E-state index contributed by atoms with van der Waals surface area (Å²) < 4.78 is 5.30. The van der Waals surface area contributed by atoms with Crippen LogP contribution in [0, 0.1) is 0 Å². The molecule has 0 saturated carbocycles. The summed E-state index contributed by atoms with van der Waals surface area (Å²) in [7, 11) is 1.65. The first-order chi connectivity index (χ1) is 8.85. The maximum absolute atomic E-state index is 5.30. The molecule has 0 unspecified atom stereocenters. The van der Waals surface area contributed by atoms with Crippen molar-refractivity contribution in [3.05, 3.63) is 36.4 Å². The Morgan fingerprint density at radius 3 is 2.67 bits per heavy atom. The summed E-state index contributed by atoms with van der Waals surface area (Å²) in [4.78, 5) is 0. The van der Waals surface area contributed by atoms with Crippen molar-refractivity contribution >= 4 is 18.4 Å². The average Bonchev–Trinajstić information content (AvgIpc) is 2.45. The zero-order valence-electron chi connectivity index (χ0n) is 10.1. The van der Waals surface area contributed by atoms with Gasteiger partial charge >= 0.3 is 0 Å². The van der Waals surface area contributed by atoms with E-state index in [-0.39, 0.29) is 0 Å². The van der Waals surface area contributed by atoms with E-state index in [0.717, 1.165) is 35.1 Å². The number of para-hydroxylation sites is 1. The van der Waals surface area contributed by atoms with Gasteiger partial charge in [-0.25, -0.2) is 0 Å². The van der Waals surface area contributed by atoms with Crippen LogP contribution in [0.4, 0.5) is 5.82 Å². The molecular weight excluding hydrogens is 246 g/mol. The van der Waals surface area contributed by atoms with Crippen molar-refractivity contribution in [2.45, 2.75) is 0 Å². The van der Waals surface area contributed by atoms with Crippen LogP contribution in [0.5, 0.6) is 5.75 Å². The predicted octanol–water partition coefficient (Wildman–Crippen LogP) is 2.49. The lowest BCUT2D eigenvalue weighted by Gasteiger charge is -2.07. The van der Waals surface area contributed by atoms with Gasteiger partial charge in [0.05, 0.1) is 12.8 Å². The van der Waals surface area contributed by atoms with Crippen molar-refractivity contribution in [3.8, 4) is 17.0 Å². The number of methoxy groups -OCH3 is 1. The van der Waals surface area contributed by atoms with Crippen LogP contribution in [-0.2, 0) is 0 Å². The molecule has 1 aromatic heterocycles. The van der Waals surface area contributed by atoms with Crippen LogP contribution >= 0.6 is 12.6 Å². The Morgan fingerprint density at radius 1 is 1.17 bits per heavy atom. The van der Waals surface area contributed by atoms with Gasteiger partial charge in [0.15, 0.2) is 0 Å². The number of ether oxygens (including phenoxy) is 1. The summed E-state index contributed by atoms with van der Waals surface area (Å²) in [6.45, 7) is 0.770. The van der Waals surface area contributed by atoms with Gasteiger partial charge in [-0.1, -0.05) is 12.1 Å². The molecule has 0 amide bonds. The third kappa shape index (κ3) is 2.92. The number of hydrogen-bond donors (Lipinski definition) is 2. The summed E-state index contributed by atoms with van der Waals surface area (Å²) in [5.74, 6) is 2.31. The van der Waals surface area contributed by atoms with Gasteiger partial charge in [-0.15, -0.1) is 10.2 Å². The van der Waals surface area contributed by atoms with Crippen LogP contribution in [-0.4, -0.2) is 29.6 Å². The molecule has 0 aliphatic heterocycles. The molecule has 0 aliphatic rings. The molecule has 0 aliphatic carbocycles. The van der Waals surface area contributed by atoms with E-state index in [1.165, 1.54) is 0 Å². The Morgan fingerprint density at radius 2 is 2.00 bits per heavy atom. The molecule has 0 radical (unpaired) electrons. The van der Waals surface area contributed by atoms with Crippen molar-refractivity contribution < 1.29 is 4.74 Å². The zero-order valence-corrected chi connectivity index (χ0v) is 11.0. The van der Waals surface area contributed by atoms with E-state index in [9.17, 15) is 0 Å².